The number of thiophene rings is 1. The van der Waals surface area contributed by atoms with Gasteiger partial charge in [0.15, 0.2) is 12.4 Å². The molecule has 164 valence electrons. The molecule has 5 aromatic heterocycles. The Labute approximate surface area is 205 Å². The number of aromatic nitrogens is 7. The minimum absolute atomic E-state index is 0.209. The maximum Gasteiger partial charge on any atom is 0.202 e. The first-order chi connectivity index (χ1) is 16.0. The van der Waals surface area contributed by atoms with Crippen molar-refractivity contribution in [1.29, 1.82) is 0 Å². The van der Waals surface area contributed by atoms with Crippen LogP contribution >= 0.6 is 38.9 Å². The molecule has 6 rings (SSSR count). The summed E-state index contributed by atoms with van der Waals surface area (Å²) in [6, 6.07) is 9.39. The number of nitrogens with zero attached hydrogens (tertiary/aromatic N) is 7. The van der Waals surface area contributed by atoms with Gasteiger partial charge in [-0.25, -0.2) is 24.1 Å². The third kappa shape index (κ3) is 3.54. The molecular formula is C22H15BrClN7OS. The lowest BCUT2D eigenvalue weighted by Gasteiger charge is -2.08. The van der Waals surface area contributed by atoms with Crippen LogP contribution in [0.25, 0.3) is 37.6 Å². The van der Waals surface area contributed by atoms with Crippen molar-refractivity contribution in [2.24, 2.45) is 0 Å². The molecule has 0 atom stereocenters. The molecule has 8 nitrogen and oxygen atoms in total. The predicted octanol–water partition coefficient (Wildman–Crippen LogP) is 5.82. The van der Waals surface area contributed by atoms with Crippen LogP contribution in [0.3, 0.4) is 0 Å². The molecule has 0 radical (unpaired) electrons. The van der Waals surface area contributed by atoms with Gasteiger partial charge in [-0.1, -0.05) is 27.5 Å². The topological polar surface area (TPSA) is 83.0 Å². The van der Waals surface area contributed by atoms with Crippen molar-refractivity contribution in [2.45, 2.75) is 20.6 Å². The zero-order valence-corrected chi connectivity index (χ0v) is 20.6. The number of fused-ring (bicyclic) bond motifs is 5. The molecule has 0 saturated heterocycles. The summed E-state index contributed by atoms with van der Waals surface area (Å²) in [6.07, 6.45) is 3.51. The second kappa shape index (κ2) is 7.75. The molecule has 0 unspecified atom stereocenters. The first-order valence-corrected chi connectivity index (χ1v) is 12.0. The Morgan fingerprint density at radius 2 is 2.00 bits per heavy atom. The summed E-state index contributed by atoms with van der Waals surface area (Å²) in [6.45, 7) is 4.29. The molecule has 33 heavy (non-hydrogen) atoms. The van der Waals surface area contributed by atoms with Crippen LogP contribution in [0, 0.1) is 13.8 Å². The van der Waals surface area contributed by atoms with Crippen LogP contribution in [0.2, 0.25) is 5.02 Å². The van der Waals surface area contributed by atoms with E-state index in [1.807, 2.05) is 31.3 Å². The highest BCUT2D eigenvalue weighted by Gasteiger charge is 2.17. The van der Waals surface area contributed by atoms with Gasteiger partial charge in [0.2, 0.25) is 5.82 Å². The molecular weight excluding hydrogens is 526 g/mol. The number of ether oxygens (including phenoxy) is 1. The molecule has 0 N–H and O–H groups in total. The Kier molecular flexibility index (Phi) is 4.82. The Bertz CT molecular complexity index is 1690. The van der Waals surface area contributed by atoms with Crippen LogP contribution in [-0.2, 0) is 6.73 Å². The monoisotopic (exact) mass is 539 g/mol. The molecule has 0 aliphatic carbocycles. The summed E-state index contributed by atoms with van der Waals surface area (Å²) in [5.74, 6) is 1.10. The summed E-state index contributed by atoms with van der Waals surface area (Å²) in [4.78, 5) is 15.1. The van der Waals surface area contributed by atoms with Gasteiger partial charge in [-0.2, -0.15) is 5.10 Å². The second-order valence-electron chi connectivity index (χ2n) is 7.58. The van der Waals surface area contributed by atoms with E-state index in [0.717, 1.165) is 41.8 Å². The zero-order valence-electron chi connectivity index (χ0n) is 17.5. The van der Waals surface area contributed by atoms with Crippen LogP contribution in [-0.4, -0.2) is 34.3 Å². The zero-order chi connectivity index (χ0) is 22.7. The molecule has 0 spiro atoms. The number of hydrogen-bond donors (Lipinski definition) is 0. The van der Waals surface area contributed by atoms with Crippen molar-refractivity contribution in [3.05, 3.63) is 63.6 Å². The van der Waals surface area contributed by atoms with E-state index in [2.05, 4.69) is 49.1 Å². The van der Waals surface area contributed by atoms with Crippen molar-refractivity contribution in [2.75, 3.05) is 0 Å². The van der Waals surface area contributed by atoms with Crippen LogP contribution in [0.1, 0.15) is 11.3 Å². The number of rotatable bonds is 4. The van der Waals surface area contributed by atoms with Gasteiger partial charge in [-0.15, -0.1) is 16.4 Å². The third-order valence-electron chi connectivity index (χ3n) is 5.21. The Morgan fingerprint density at radius 1 is 1.12 bits per heavy atom. The molecule has 0 bridgehead atoms. The average molecular weight is 541 g/mol. The van der Waals surface area contributed by atoms with Gasteiger partial charge < -0.3 is 4.74 Å². The fourth-order valence-electron chi connectivity index (χ4n) is 3.76. The fraction of sp³-hybridized carbons (Fsp3) is 0.136. The molecule has 0 amide bonds. The number of aryl methyl sites for hydroxylation is 2. The lowest BCUT2D eigenvalue weighted by atomic mass is 10.1. The van der Waals surface area contributed by atoms with Gasteiger partial charge >= 0.3 is 0 Å². The van der Waals surface area contributed by atoms with Gasteiger partial charge in [-0.3, -0.25) is 0 Å². The van der Waals surface area contributed by atoms with Gasteiger partial charge in [0.25, 0.3) is 0 Å². The molecule has 11 heteroatoms. The van der Waals surface area contributed by atoms with Crippen molar-refractivity contribution >= 4 is 64.9 Å². The van der Waals surface area contributed by atoms with Crippen LogP contribution in [0.4, 0.5) is 0 Å². The molecule has 5 heterocycles. The van der Waals surface area contributed by atoms with Crippen LogP contribution in [0.15, 0.2) is 47.3 Å². The smallest absolute Gasteiger partial charge is 0.202 e. The predicted molar refractivity (Wildman–Crippen MR) is 132 cm³/mol. The van der Waals surface area contributed by atoms with Crippen molar-refractivity contribution in [1.82, 2.24) is 34.3 Å². The standard InChI is InChI=1S/C22H15BrClN7OS/c1-11-7-12(2)26-22-17(11)18-19(33-22)21-27-20(29-31(21)9-25-18)15-5-6-30(28-15)10-32-16-4-3-13(23)8-14(16)24/h3-9H,10H2,1-2H3. The molecule has 0 saturated carbocycles. The number of halogens is 2. The lowest BCUT2D eigenvalue weighted by molar-refractivity contribution is 0.221. The summed E-state index contributed by atoms with van der Waals surface area (Å²) in [5, 5.41) is 10.7. The molecule has 1 aromatic carbocycles. The Hall–Kier alpha value is -3.08. The molecule has 0 aliphatic rings. The SMILES string of the molecule is Cc1cc(C)c2c(n1)sc1c2ncn2nc(-c3ccn(COc4ccc(Br)cc4Cl)n3)nc12. The van der Waals surface area contributed by atoms with Crippen molar-refractivity contribution < 1.29 is 4.74 Å². The van der Waals surface area contributed by atoms with E-state index in [0.29, 0.717) is 22.3 Å². The van der Waals surface area contributed by atoms with E-state index < -0.39 is 0 Å². The summed E-state index contributed by atoms with van der Waals surface area (Å²) in [5.41, 5.74) is 4.43. The summed E-state index contributed by atoms with van der Waals surface area (Å²) < 4.78 is 11.0. The Morgan fingerprint density at radius 3 is 2.85 bits per heavy atom. The average Bonchev–Trinajstić information content (AvgIpc) is 3.48. The second-order valence-corrected chi connectivity index (χ2v) is 9.90. The van der Waals surface area contributed by atoms with E-state index in [9.17, 15) is 0 Å². The maximum absolute atomic E-state index is 6.22. The quantitative estimate of drug-likeness (QED) is 0.280. The number of pyridine rings is 1. The van der Waals surface area contributed by atoms with Gasteiger partial charge in [0.1, 0.15) is 27.3 Å². The van der Waals surface area contributed by atoms with Gasteiger partial charge in [-0.05, 0) is 49.7 Å². The Balaban J connectivity index is 1.34. The highest BCUT2D eigenvalue weighted by molar-refractivity contribution is 9.10. The van der Waals surface area contributed by atoms with Crippen LogP contribution in [0.5, 0.6) is 5.75 Å². The third-order valence-corrected chi connectivity index (χ3v) is 7.07. The highest BCUT2D eigenvalue weighted by atomic mass is 79.9. The van der Waals surface area contributed by atoms with Gasteiger partial charge in [0, 0.05) is 21.7 Å². The summed E-state index contributed by atoms with van der Waals surface area (Å²) in [7, 11) is 0. The normalized spacial score (nSPS) is 11.8. The van der Waals surface area contributed by atoms with E-state index >= 15 is 0 Å². The van der Waals surface area contributed by atoms with E-state index in [1.54, 1.807) is 32.9 Å². The van der Waals surface area contributed by atoms with E-state index in [-0.39, 0.29) is 6.73 Å². The minimum atomic E-state index is 0.209. The van der Waals surface area contributed by atoms with Crippen molar-refractivity contribution in [3.8, 4) is 17.3 Å². The number of hydrogen-bond acceptors (Lipinski definition) is 7. The van der Waals surface area contributed by atoms with E-state index in [4.69, 9.17) is 21.3 Å². The first-order valence-electron chi connectivity index (χ1n) is 10.00. The van der Waals surface area contributed by atoms with Crippen molar-refractivity contribution in [3.63, 3.8) is 0 Å². The highest BCUT2D eigenvalue weighted by Crippen LogP contribution is 2.36. The molecule has 0 fully saturated rings. The first kappa shape index (κ1) is 20.5. The molecule has 0 aliphatic heterocycles. The fourth-order valence-corrected chi connectivity index (χ4v) is 5.71. The van der Waals surface area contributed by atoms with E-state index in [1.165, 1.54) is 0 Å². The summed E-state index contributed by atoms with van der Waals surface area (Å²) >= 11 is 11.2. The van der Waals surface area contributed by atoms with Crippen LogP contribution < -0.4 is 4.74 Å². The largest absolute Gasteiger partial charge is 0.470 e. The minimum Gasteiger partial charge on any atom is -0.470 e. The maximum atomic E-state index is 6.22. The molecule has 6 aromatic rings. The van der Waals surface area contributed by atoms with Gasteiger partial charge in [0.05, 0.1) is 10.5 Å². The number of benzene rings is 1. The lowest BCUT2D eigenvalue weighted by Crippen LogP contribution is -2.06.